The number of ether oxygens (including phenoxy) is 3. The van der Waals surface area contributed by atoms with Crippen LogP contribution in [0.5, 0.6) is 17.2 Å². The van der Waals surface area contributed by atoms with Crippen molar-refractivity contribution in [3.05, 3.63) is 90.4 Å². The molecule has 1 N–H and O–H groups in total. The summed E-state index contributed by atoms with van der Waals surface area (Å²) in [7, 11) is 0. The number of anilines is 1. The van der Waals surface area contributed by atoms with Gasteiger partial charge in [-0.25, -0.2) is 0 Å². The summed E-state index contributed by atoms with van der Waals surface area (Å²) in [6.45, 7) is 4.19. The van der Waals surface area contributed by atoms with E-state index in [0.29, 0.717) is 50.8 Å². The van der Waals surface area contributed by atoms with Gasteiger partial charge in [-0.3, -0.25) is 29.4 Å². The van der Waals surface area contributed by atoms with Gasteiger partial charge in [0.2, 0.25) is 5.91 Å². The van der Waals surface area contributed by atoms with Crippen molar-refractivity contribution in [1.82, 2.24) is 4.90 Å². The number of amides is 3. The summed E-state index contributed by atoms with van der Waals surface area (Å²) in [5, 5.41) is 13.2. The topological polar surface area (TPSA) is 137 Å². The largest absolute Gasteiger partial charge is 0.494 e. The lowest BCUT2D eigenvalue weighted by Crippen LogP contribution is -2.36. The van der Waals surface area contributed by atoms with Gasteiger partial charge in [0, 0.05) is 17.8 Å². The summed E-state index contributed by atoms with van der Waals surface area (Å²) < 4.78 is 17.8. The molecule has 3 aromatic rings. The zero-order valence-electron chi connectivity index (χ0n) is 22.6. The van der Waals surface area contributed by atoms with Gasteiger partial charge < -0.3 is 19.5 Å². The third-order valence-electron chi connectivity index (χ3n) is 5.76. The van der Waals surface area contributed by atoms with E-state index in [-0.39, 0.29) is 17.2 Å². The summed E-state index contributed by atoms with van der Waals surface area (Å²) in [5.41, 5.74) is 1.69. The van der Waals surface area contributed by atoms with E-state index < -0.39 is 28.5 Å². The normalized spacial score (nSPS) is 13.8. The Bertz CT molecular complexity index is 1540. The Labute approximate surface area is 259 Å². The van der Waals surface area contributed by atoms with E-state index in [1.165, 1.54) is 12.1 Å². The molecule has 0 aromatic heterocycles. The number of hydrogen-bond acceptors (Lipinski definition) is 9. The van der Waals surface area contributed by atoms with Crippen molar-refractivity contribution >= 4 is 68.9 Å². The fraction of sp³-hybridized carbons (Fsp3) is 0.207. The van der Waals surface area contributed by atoms with Gasteiger partial charge in [-0.05, 0) is 102 Å². The van der Waals surface area contributed by atoms with Crippen molar-refractivity contribution in [2.24, 2.45) is 0 Å². The van der Waals surface area contributed by atoms with Crippen molar-refractivity contribution < 1.29 is 33.5 Å². The predicted molar refractivity (Wildman–Crippen MR) is 167 cm³/mol. The molecule has 0 unspecified atom stereocenters. The summed E-state index contributed by atoms with van der Waals surface area (Å²) in [4.78, 5) is 49.9. The smallest absolute Gasteiger partial charge is 0.294 e. The fourth-order valence-corrected chi connectivity index (χ4v) is 5.54. The summed E-state index contributed by atoms with van der Waals surface area (Å²) >= 11 is 2.82. The minimum atomic E-state index is -0.578. The Kier molecular flexibility index (Phi) is 10.4. The molecule has 0 atom stereocenters. The van der Waals surface area contributed by atoms with E-state index in [4.69, 9.17) is 14.2 Å². The van der Waals surface area contributed by atoms with Crippen LogP contribution >= 0.6 is 34.4 Å². The second kappa shape index (κ2) is 14.2. The summed E-state index contributed by atoms with van der Waals surface area (Å²) in [6.07, 6.45) is 1.56. The van der Waals surface area contributed by atoms with Gasteiger partial charge in [-0.15, -0.1) is 0 Å². The van der Waals surface area contributed by atoms with Crippen molar-refractivity contribution in [2.75, 3.05) is 25.1 Å². The highest BCUT2D eigenvalue weighted by molar-refractivity contribution is 14.1. The molecule has 0 bridgehead atoms. The SMILES string of the molecule is CCOc1ccc(NC(=O)CN2C(=O)S/C(=C/c3cc(I)c(OCc4cccc([N+](=O)[O-])c4)c(OCC)c3)C2=O)cc1. The molecular weight excluding hydrogens is 677 g/mol. The van der Waals surface area contributed by atoms with Gasteiger partial charge in [0.15, 0.2) is 11.5 Å². The lowest BCUT2D eigenvalue weighted by atomic mass is 10.1. The van der Waals surface area contributed by atoms with Gasteiger partial charge in [0.1, 0.15) is 18.9 Å². The van der Waals surface area contributed by atoms with Crippen LogP contribution < -0.4 is 19.5 Å². The highest BCUT2D eigenvalue weighted by Crippen LogP contribution is 2.38. The number of imide groups is 1. The third kappa shape index (κ3) is 7.79. The number of nitrogens with zero attached hydrogens (tertiary/aromatic N) is 2. The van der Waals surface area contributed by atoms with E-state index in [0.717, 1.165) is 16.7 Å². The molecule has 0 saturated carbocycles. The van der Waals surface area contributed by atoms with Gasteiger partial charge in [0.05, 0.1) is 26.6 Å². The highest BCUT2D eigenvalue weighted by atomic mass is 127. The van der Waals surface area contributed by atoms with E-state index in [9.17, 15) is 24.5 Å². The number of thioether (sulfide) groups is 1. The molecule has 218 valence electrons. The average Bonchev–Trinajstić information content (AvgIpc) is 3.21. The Morgan fingerprint density at radius 1 is 1.05 bits per heavy atom. The maximum Gasteiger partial charge on any atom is 0.294 e. The molecule has 1 fully saturated rings. The quantitative estimate of drug-likeness (QED) is 0.100. The lowest BCUT2D eigenvalue weighted by molar-refractivity contribution is -0.384. The number of nitro groups is 1. The fourth-order valence-electron chi connectivity index (χ4n) is 3.92. The van der Waals surface area contributed by atoms with Crippen LogP contribution in [0.15, 0.2) is 65.6 Å². The third-order valence-corrected chi connectivity index (χ3v) is 7.47. The van der Waals surface area contributed by atoms with Crippen LogP contribution in [0.1, 0.15) is 25.0 Å². The molecule has 1 aliphatic heterocycles. The molecule has 3 amide bonds. The minimum Gasteiger partial charge on any atom is -0.494 e. The van der Waals surface area contributed by atoms with Crippen LogP contribution in [0.2, 0.25) is 0 Å². The summed E-state index contributed by atoms with van der Waals surface area (Å²) in [5.74, 6) is 0.429. The molecule has 13 heteroatoms. The van der Waals surface area contributed by atoms with Crippen molar-refractivity contribution in [2.45, 2.75) is 20.5 Å². The first kappa shape index (κ1) is 30.8. The van der Waals surface area contributed by atoms with Gasteiger partial charge >= 0.3 is 0 Å². The predicted octanol–water partition coefficient (Wildman–Crippen LogP) is 6.25. The van der Waals surface area contributed by atoms with Crippen LogP contribution in [0.3, 0.4) is 0 Å². The zero-order valence-corrected chi connectivity index (χ0v) is 25.6. The lowest BCUT2D eigenvalue weighted by Gasteiger charge is -2.15. The molecule has 0 spiro atoms. The number of halogens is 1. The maximum atomic E-state index is 13.0. The first-order valence-corrected chi connectivity index (χ1v) is 14.7. The first-order valence-electron chi connectivity index (χ1n) is 12.8. The zero-order chi connectivity index (χ0) is 30.2. The van der Waals surface area contributed by atoms with E-state index in [2.05, 4.69) is 27.9 Å². The number of rotatable bonds is 12. The Hall–Kier alpha value is -4.11. The summed E-state index contributed by atoms with van der Waals surface area (Å²) in [6, 6.07) is 16.4. The molecule has 1 aliphatic rings. The van der Waals surface area contributed by atoms with E-state index in [1.54, 1.807) is 54.6 Å². The average molecular weight is 704 g/mol. The van der Waals surface area contributed by atoms with Crippen molar-refractivity contribution in [3.63, 3.8) is 0 Å². The standard InChI is InChI=1S/C29H26IN3O8S/c1-3-39-22-10-8-20(9-11-22)31-26(34)16-32-28(35)25(42-29(32)36)15-19-13-23(30)27(24(14-19)40-4-2)41-17-18-6-5-7-21(12-18)33(37)38/h5-15H,3-4,16-17H2,1-2H3,(H,31,34)/b25-15+. The van der Waals surface area contributed by atoms with Gasteiger partial charge in [-0.2, -0.15) is 0 Å². The number of benzene rings is 3. The Morgan fingerprint density at radius 3 is 2.48 bits per heavy atom. The molecule has 0 radical (unpaired) electrons. The van der Waals surface area contributed by atoms with Crippen LogP contribution in [-0.4, -0.2) is 46.6 Å². The molecular formula is C29H26IN3O8S. The molecule has 0 aliphatic carbocycles. The monoisotopic (exact) mass is 703 g/mol. The molecule has 11 nitrogen and oxygen atoms in total. The van der Waals surface area contributed by atoms with Crippen LogP contribution in [0.4, 0.5) is 16.2 Å². The van der Waals surface area contributed by atoms with Crippen LogP contribution in [-0.2, 0) is 16.2 Å². The minimum absolute atomic E-state index is 0.0335. The highest BCUT2D eigenvalue weighted by Gasteiger charge is 2.36. The first-order chi connectivity index (χ1) is 20.2. The number of nitro benzene ring substituents is 1. The second-order valence-electron chi connectivity index (χ2n) is 8.75. The molecule has 3 aromatic carbocycles. The van der Waals surface area contributed by atoms with E-state index in [1.807, 2.05) is 13.8 Å². The molecule has 42 heavy (non-hydrogen) atoms. The van der Waals surface area contributed by atoms with Crippen LogP contribution in [0.25, 0.3) is 6.08 Å². The number of non-ortho nitro benzene ring substituents is 1. The Morgan fingerprint density at radius 2 is 1.79 bits per heavy atom. The number of carbonyl (C=O) groups excluding carboxylic acids is 3. The van der Waals surface area contributed by atoms with E-state index >= 15 is 0 Å². The number of hydrogen-bond donors (Lipinski definition) is 1. The number of carbonyl (C=O) groups is 3. The molecule has 4 rings (SSSR count). The second-order valence-corrected chi connectivity index (χ2v) is 10.9. The molecule has 1 saturated heterocycles. The Balaban J connectivity index is 1.46. The van der Waals surface area contributed by atoms with Crippen LogP contribution in [0, 0.1) is 13.7 Å². The van der Waals surface area contributed by atoms with Gasteiger partial charge in [0.25, 0.3) is 16.8 Å². The van der Waals surface area contributed by atoms with Gasteiger partial charge in [-0.1, -0.05) is 12.1 Å². The molecule has 1 heterocycles. The maximum absolute atomic E-state index is 13.0. The number of nitrogens with one attached hydrogen (secondary N) is 1. The van der Waals surface area contributed by atoms with Crippen molar-refractivity contribution in [1.29, 1.82) is 0 Å². The van der Waals surface area contributed by atoms with Crippen molar-refractivity contribution in [3.8, 4) is 17.2 Å².